The monoisotopic (exact) mass is 449 g/mol. The summed E-state index contributed by atoms with van der Waals surface area (Å²) < 4.78 is 8.88. The Morgan fingerprint density at radius 2 is 1.50 bits per heavy atom. The summed E-state index contributed by atoms with van der Waals surface area (Å²) in [5, 5.41) is 3.08. The molecule has 78 valence electrons. The van der Waals surface area contributed by atoms with Crippen LogP contribution in [0.3, 0.4) is 0 Å². The van der Waals surface area contributed by atoms with E-state index in [0.717, 1.165) is 29.3 Å². The van der Waals surface area contributed by atoms with Crippen LogP contribution in [-0.4, -0.2) is 14.2 Å². The van der Waals surface area contributed by atoms with E-state index in [0.29, 0.717) is 0 Å². The lowest BCUT2D eigenvalue weighted by Gasteiger charge is -2.14. The van der Waals surface area contributed by atoms with Gasteiger partial charge in [0.05, 0.1) is 30.7 Å². The Kier molecular flexibility index (Phi) is 4.74. The third-order valence-corrected chi connectivity index (χ3v) is 5.84. The molecule has 0 bridgehead atoms. The molecule has 0 fully saturated rings. The van der Waals surface area contributed by atoms with Gasteiger partial charge in [0.1, 0.15) is 0 Å². The van der Waals surface area contributed by atoms with Crippen LogP contribution in [0.15, 0.2) is 17.9 Å². The lowest BCUT2D eigenvalue weighted by atomic mass is 10.3. The number of hydrogen-bond acceptors (Lipinski definition) is 2. The van der Waals surface area contributed by atoms with Crippen molar-refractivity contribution in [2.75, 3.05) is 19.5 Å². The van der Waals surface area contributed by atoms with Crippen LogP contribution >= 0.6 is 63.7 Å². The maximum atomic E-state index is 5.27. The molecule has 1 aromatic carbocycles. The zero-order valence-electron chi connectivity index (χ0n) is 7.42. The summed E-state index contributed by atoms with van der Waals surface area (Å²) in [5.41, 5.74) is 0.942. The van der Waals surface area contributed by atoms with Gasteiger partial charge in [0, 0.05) is 7.05 Å². The number of nitrogens with one attached hydrogen (secondary N) is 1. The smallest absolute Gasteiger partial charge is 0.150 e. The lowest BCUT2D eigenvalue weighted by Crippen LogP contribution is -1.96. The molecule has 2 nitrogen and oxygen atoms in total. The number of methoxy groups -OCH3 is 1. The average Bonchev–Trinajstić information content (AvgIpc) is 2.16. The number of benzene rings is 1. The fraction of sp³-hybridized carbons (Fsp3) is 0.250. The van der Waals surface area contributed by atoms with Gasteiger partial charge >= 0.3 is 0 Å². The molecular formula is C8H7Br4NO. The van der Waals surface area contributed by atoms with Gasteiger partial charge in [-0.2, -0.15) is 0 Å². The second kappa shape index (κ2) is 5.18. The largest absolute Gasteiger partial charge is 0.494 e. The average molecular weight is 453 g/mol. The van der Waals surface area contributed by atoms with Crippen molar-refractivity contribution in [2.24, 2.45) is 0 Å². The van der Waals surface area contributed by atoms with Crippen molar-refractivity contribution in [3.63, 3.8) is 0 Å². The maximum absolute atomic E-state index is 5.27. The lowest BCUT2D eigenvalue weighted by molar-refractivity contribution is 0.409. The second-order valence-corrected chi connectivity index (χ2v) is 5.59. The van der Waals surface area contributed by atoms with Crippen LogP contribution in [0.25, 0.3) is 0 Å². The van der Waals surface area contributed by atoms with Crippen molar-refractivity contribution in [3.8, 4) is 5.75 Å². The first-order valence-corrected chi connectivity index (χ1v) is 6.79. The molecule has 0 unspecified atom stereocenters. The zero-order chi connectivity index (χ0) is 10.9. The van der Waals surface area contributed by atoms with Crippen molar-refractivity contribution in [1.82, 2.24) is 0 Å². The molecule has 0 aliphatic rings. The summed E-state index contributed by atoms with van der Waals surface area (Å²) in [6.07, 6.45) is 0. The molecule has 0 spiro atoms. The quantitative estimate of drug-likeness (QED) is 0.515. The third-order valence-electron chi connectivity index (χ3n) is 1.68. The molecule has 0 atom stereocenters. The summed E-state index contributed by atoms with van der Waals surface area (Å²) >= 11 is 13.9. The van der Waals surface area contributed by atoms with Crippen LogP contribution in [0.1, 0.15) is 0 Å². The normalized spacial score (nSPS) is 10.1. The molecule has 0 saturated carbocycles. The van der Waals surface area contributed by atoms with Crippen LogP contribution < -0.4 is 10.1 Å². The van der Waals surface area contributed by atoms with Crippen LogP contribution in [0.4, 0.5) is 5.69 Å². The molecular weight excluding hydrogens is 446 g/mol. The van der Waals surface area contributed by atoms with E-state index in [-0.39, 0.29) is 0 Å². The Morgan fingerprint density at radius 1 is 0.929 bits per heavy atom. The van der Waals surface area contributed by atoms with E-state index in [1.165, 1.54) is 0 Å². The standard InChI is InChI=1S/C8H7Br4NO/c1-13-7-4(10)3(9)5(11)8(14-2)6(7)12/h13H,1-2H3. The Labute approximate surface area is 116 Å². The molecule has 0 radical (unpaired) electrons. The Morgan fingerprint density at radius 3 is 1.93 bits per heavy atom. The molecule has 14 heavy (non-hydrogen) atoms. The SMILES string of the molecule is CNc1c(Br)c(Br)c(Br)c(OC)c1Br. The highest BCUT2D eigenvalue weighted by Gasteiger charge is 2.18. The first kappa shape index (κ1) is 12.8. The van der Waals surface area contributed by atoms with Gasteiger partial charge in [0.15, 0.2) is 5.75 Å². The van der Waals surface area contributed by atoms with Gasteiger partial charge in [0.2, 0.25) is 0 Å². The Balaban J connectivity index is 3.56. The van der Waals surface area contributed by atoms with E-state index in [4.69, 9.17) is 4.74 Å². The number of anilines is 1. The molecule has 0 aromatic heterocycles. The highest BCUT2D eigenvalue weighted by atomic mass is 79.9. The van der Waals surface area contributed by atoms with Crippen molar-refractivity contribution >= 4 is 69.4 Å². The number of rotatable bonds is 2. The molecule has 0 saturated heterocycles. The minimum atomic E-state index is 0.754. The fourth-order valence-electron chi connectivity index (χ4n) is 1.01. The minimum absolute atomic E-state index is 0.754. The summed E-state index contributed by atoms with van der Waals surface area (Å²) in [4.78, 5) is 0. The van der Waals surface area contributed by atoms with Gasteiger partial charge in [-0.3, -0.25) is 0 Å². The first-order chi connectivity index (χ1) is 6.54. The van der Waals surface area contributed by atoms with Crippen molar-refractivity contribution in [2.45, 2.75) is 0 Å². The second-order valence-electron chi connectivity index (χ2n) is 2.41. The first-order valence-electron chi connectivity index (χ1n) is 3.62. The van der Waals surface area contributed by atoms with Crippen molar-refractivity contribution in [1.29, 1.82) is 0 Å². The fourth-order valence-corrected chi connectivity index (χ4v) is 4.10. The predicted molar refractivity (Wildman–Crippen MR) is 73.3 cm³/mol. The van der Waals surface area contributed by atoms with E-state index < -0.39 is 0 Å². The van der Waals surface area contributed by atoms with Gasteiger partial charge in [-0.25, -0.2) is 0 Å². The van der Waals surface area contributed by atoms with E-state index in [1.807, 2.05) is 7.05 Å². The summed E-state index contributed by atoms with van der Waals surface area (Å²) in [6, 6.07) is 0. The van der Waals surface area contributed by atoms with E-state index in [1.54, 1.807) is 7.11 Å². The molecule has 1 rings (SSSR count). The maximum Gasteiger partial charge on any atom is 0.150 e. The van der Waals surface area contributed by atoms with E-state index in [2.05, 4.69) is 69.0 Å². The molecule has 0 aliphatic heterocycles. The van der Waals surface area contributed by atoms with Crippen LogP contribution in [0.2, 0.25) is 0 Å². The number of hydrogen-bond donors (Lipinski definition) is 1. The van der Waals surface area contributed by atoms with Gasteiger partial charge in [-0.05, 0) is 63.7 Å². The van der Waals surface area contributed by atoms with E-state index >= 15 is 0 Å². The van der Waals surface area contributed by atoms with Crippen molar-refractivity contribution < 1.29 is 4.74 Å². The minimum Gasteiger partial charge on any atom is -0.494 e. The molecule has 0 amide bonds. The number of halogens is 4. The van der Waals surface area contributed by atoms with Gasteiger partial charge in [0.25, 0.3) is 0 Å². The summed E-state index contributed by atoms with van der Waals surface area (Å²) in [6.45, 7) is 0. The van der Waals surface area contributed by atoms with Gasteiger partial charge in [-0.1, -0.05) is 0 Å². The van der Waals surface area contributed by atoms with Crippen molar-refractivity contribution in [3.05, 3.63) is 17.9 Å². The number of ether oxygens (including phenoxy) is 1. The third kappa shape index (κ3) is 2.13. The molecule has 1 aromatic rings. The van der Waals surface area contributed by atoms with Crippen LogP contribution in [-0.2, 0) is 0 Å². The molecule has 0 heterocycles. The zero-order valence-corrected chi connectivity index (χ0v) is 13.8. The van der Waals surface area contributed by atoms with Gasteiger partial charge < -0.3 is 10.1 Å². The van der Waals surface area contributed by atoms with Crippen LogP contribution in [0, 0.1) is 0 Å². The molecule has 6 heteroatoms. The van der Waals surface area contributed by atoms with Gasteiger partial charge in [-0.15, -0.1) is 0 Å². The summed E-state index contributed by atoms with van der Waals surface area (Å²) in [5.74, 6) is 0.754. The molecule has 1 N–H and O–H groups in total. The topological polar surface area (TPSA) is 21.3 Å². The Hall–Kier alpha value is 0.740. The highest BCUT2D eigenvalue weighted by Crippen LogP contribution is 2.48. The predicted octanol–water partition coefficient (Wildman–Crippen LogP) is 4.79. The Bertz CT molecular complexity index is 336. The van der Waals surface area contributed by atoms with E-state index in [9.17, 15) is 0 Å². The highest BCUT2D eigenvalue weighted by molar-refractivity contribution is 9.14. The summed E-state index contributed by atoms with van der Waals surface area (Å²) in [7, 11) is 3.48. The molecule has 0 aliphatic carbocycles. The van der Waals surface area contributed by atoms with Crippen LogP contribution in [0.5, 0.6) is 5.75 Å².